The van der Waals surface area contributed by atoms with Gasteiger partial charge >= 0.3 is 0 Å². The van der Waals surface area contributed by atoms with Gasteiger partial charge in [0.1, 0.15) is 0 Å². The van der Waals surface area contributed by atoms with Crippen LogP contribution in [-0.4, -0.2) is 43.9 Å². The molecule has 1 unspecified atom stereocenters. The molecule has 1 rings (SSSR count). The molecule has 1 aliphatic rings. The number of aliphatic hydroxyl groups is 1. The average Bonchev–Trinajstić information content (AvgIpc) is 2.78. The minimum Gasteiger partial charge on any atom is -0.394 e. The molecule has 1 amide bonds. The number of nitrogens with two attached hydrogens (primary N) is 1. The van der Waals surface area contributed by atoms with Gasteiger partial charge in [-0.15, -0.1) is 0 Å². The van der Waals surface area contributed by atoms with Gasteiger partial charge in [-0.05, 0) is 12.8 Å². The van der Waals surface area contributed by atoms with Crippen LogP contribution in [-0.2, 0) is 9.53 Å². The van der Waals surface area contributed by atoms with Crippen molar-refractivity contribution in [1.82, 2.24) is 5.32 Å². The molecule has 16 heavy (non-hydrogen) atoms. The number of aliphatic hydroxyl groups excluding tert-OH is 1. The molecule has 0 aromatic rings. The van der Waals surface area contributed by atoms with Gasteiger partial charge in [0, 0.05) is 13.7 Å². The summed E-state index contributed by atoms with van der Waals surface area (Å²) in [5.41, 5.74) is 5.29. The number of amides is 1. The van der Waals surface area contributed by atoms with E-state index in [1.807, 2.05) is 0 Å². The maximum absolute atomic E-state index is 12.1. The third kappa shape index (κ3) is 2.93. The van der Waals surface area contributed by atoms with Gasteiger partial charge in [-0.1, -0.05) is 12.8 Å². The zero-order valence-electron chi connectivity index (χ0n) is 9.87. The van der Waals surface area contributed by atoms with Crippen LogP contribution >= 0.6 is 0 Å². The van der Waals surface area contributed by atoms with E-state index in [-0.39, 0.29) is 18.6 Å². The lowest BCUT2D eigenvalue weighted by atomic mass is 9.85. The molecule has 0 heterocycles. The third-order valence-electron chi connectivity index (χ3n) is 3.36. The van der Waals surface area contributed by atoms with Crippen molar-refractivity contribution in [2.24, 2.45) is 11.1 Å². The number of carbonyl (C=O) groups is 1. The highest BCUT2D eigenvalue weighted by Crippen LogP contribution is 2.37. The Morgan fingerprint density at radius 2 is 2.19 bits per heavy atom. The van der Waals surface area contributed by atoms with E-state index in [1.54, 1.807) is 7.11 Å². The highest BCUT2D eigenvalue weighted by molar-refractivity contribution is 5.83. The summed E-state index contributed by atoms with van der Waals surface area (Å²) in [6.07, 6.45) is 3.80. The molecule has 5 heteroatoms. The Morgan fingerprint density at radius 1 is 1.56 bits per heavy atom. The molecule has 4 N–H and O–H groups in total. The van der Waals surface area contributed by atoms with Gasteiger partial charge < -0.3 is 20.9 Å². The number of methoxy groups -OCH3 is 1. The molecule has 0 radical (unpaired) electrons. The van der Waals surface area contributed by atoms with Gasteiger partial charge in [-0.3, -0.25) is 4.79 Å². The Hall–Kier alpha value is -0.650. The second-order valence-corrected chi connectivity index (χ2v) is 4.50. The lowest BCUT2D eigenvalue weighted by molar-refractivity contribution is -0.131. The number of hydrogen-bond acceptors (Lipinski definition) is 4. The van der Waals surface area contributed by atoms with Crippen molar-refractivity contribution < 1.29 is 14.6 Å². The summed E-state index contributed by atoms with van der Waals surface area (Å²) >= 11 is 0. The first kappa shape index (κ1) is 13.4. The van der Waals surface area contributed by atoms with Crippen molar-refractivity contribution in [2.45, 2.75) is 31.7 Å². The maximum atomic E-state index is 12.1. The van der Waals surface area contributed by atoms with E-state index in [1.165, 1.54) is 0 Å². The van der Waals surface area contributed by atoms with Crippen molar-refractivity contribution in [2.75, 3.05) is 26.9 Å². The second kappa shape index (κ2) is 6.18. The molecular formula is C11H22N2O3. The number of nitrogens with one attached hydrogen (secondary N) is 1. The van der Waals surface area contributed by atoms with Crippen molar-refractivity contribution in [3.05, 3.63) is 0 Å². The summed E-state index contributed by atoms with van der Waals surface area (Å²) in [4.78, 5) is 12.1. The first-order valence-electron chi connectivity index (χ1n) is 5.79. The van der Waals surface area contributed by atoms with E-state index in [0.29, 0.717) is 13.2 Å². The Labute approximate surface area is 96.3 Å². The van der Waals surface area contributed by atoms with Gasteiger partial charge in [-0.2, -0.15) is 0 Å². The summed E-state index contributed by atoms with van der Waals surface area (Å²) < 4.78 is 4.92. The van der Waals surface area contributed by atoms with Gasteiger partial charge in [-0.25, -0.2) is 0 Å². The predicted molar refractivity (Wildman–Crippen MR) is 60.8 cm³/mol. The van der Waals surface area contributed by atoms with E-state index in [4.69, 9.17) is 15.6 Å². The van der Waals surface area contributed by atoms with Gasteiger partial charge in [0.25, 0.3) is 0 Å². The van der Waals surface area contributed by atoms with E-state index >= 15 is 0 Å². The minimum absolute atomic E-state index is 0.0383. The molecule has 1 atom stereocenters. The fourth-order valence-electron chi connectivity index (χ4n) is 2.26. The topological polar surface area (TPSA) is 84.6 Å². The van der Waals surface area contributed by atoms with Crippen molar-refractivity contribution in [1.29, 1.82) is 0 Å². The van der Waals surface area contributed by atoms with Crippen LogP contribution < -0.4 is 11.1 Å². The van der Waals surface area contributed by atoms with Crippen LogP contribution in [0.25, 0.3) is 0 Å². The molecule has 0 aromatic heterocycles. The summed E-state index contributed by atoms with van der Waals surface area (Å²) in [7, 11) is 1.54. The summed E-state index contributed by atoms with van der Waals surface area (Å²) in [5, 5.41) is 11.9. The number of ether oxygens (including phenoxy) is 1. The average molecular weight is 230 g/mol. The van der Waals surface area contributed by atoms with Crippen LogP contribution in [0.3, 0.4) is 0 Å². The van der Waals surface area contributed by atoms with Crippen molar-refractivity contribution in [3.63, 3.8) is 0 Å². The lowest BCUT2D eigenvalue weighted by Gasteiger charge is -2.28. The van der Waals surface area contributed by atoms with Crippen LogP contribution in [0.1, 0.15) is 25.7 Å². The SMILES string of the molecule is COCC(CO)NC(=O)C1(CN)CCCC1. The van der Waals surface area contributed by atoms with Gasteiger partial charge in [0.2, 0.25) is 5.91 Å². The summed E-state index contributed by atoms with van der Waals surface area (Å²) in [6, 6.07) is -0.332. The standard InChI is InChI=1S/C11H22N2O3/c1-16-7-9(6-14)13-10(15)11(8-12)4-2-3-5-11/h9,14H,2-8,12H2,1H3,(H,13,15). The van der Waals surface area contributed by atoms with Crippen LogP contribution in [0.4, 0.5) is 0 Å². The number of hydrogen-bond donors (Lipinski definition) is 3. The zero-order valence-corrected chi connectivity index (χ0v) is 9.87. The lowest BCUT2D eigenvalue weighted by Crippen LogP contribution is -2.50. The molecule has 94 valence electrons. The molecule has 1 saturated carbocycles. The van der Waals surface area contributed by atoms with Crippen molar-refractivity contribution in [3.8, 4) is 0 Å². The Morgan fingerprint density at radius 3 is 2.62 bits per heavy atom. The molecule has 1 aliphatic carbocycles. The molecule has 0 spiro atoms. The van der Waals surface area contributed by atoms with Crippen molar-refractivity contribution >= 4 is 5.91 Å². The van der Waals surface area contributed by atoms with E-state index in [9.17, 15) is 4.79 Å². The van der Waals surface area contributed by atoms with Crippen LogP contribution in [0, 0.1) is 5.41 Å². The normalized spacial score (nSPS) is 20.7. The van der Waals surface area contributed by atoms with Gasteiger partial charge in [0.15, 0.2) is 0 Å². The summed E-state index contributed by atoms with van der Waals surface area (Å²) in [5.74, 6) is -0.0383. The molecule has 0 aliphatic heterocycles. The monoisotopic (exact) mass is 230 g/mol. The molecule has 0 aromatic carbocycles. The predicted octanol–water partition coefficient (Wildman–Crippen LogP) is -0.371. The molecule has 1 fully saturated rings. The largest absolute Gasteiger partial charge is 0.394 e. The second-order valence-electron chi connectivity index (χ2n) is 4.50. The quantitative estimate of drug-likeness (QED) is 0.581. The maximum Gasteiger partial charge on any atom is 0.227 e. The van der Waals surface area contributed by atoms with E-state index in [0.717, 1.165) is 25.7 Å². The van der Waals surface area contributed by atoms with E-state index in [2.05, 4.69) is 5.32 Å². The fourth-order valence-corrected chi connectivity index (χ4v) is 2.26. The highest BCUT2D eigenvalue weighted by atomic mass is 16.5. The summed E-state index contributed by atoms with van der Waals surface area (Å²) in [6.45, 7) is 0.590. The third-order valence-corrected chi connectivity index (χ3v) is 3.36. The smallest absolute Gasteiger partial charge is 0.227 e. The Bertz CT molecular complexity index is 227. The Balaban J connectivity index is 2.54. The first-order valence-corrected chi connectivity index (χ1v) is 5.79. The minimum atomic E-state index is -0.416. The molecule has 0 saturated heterocycles. The molecule has 0 bridgehead atoms. The van der Waals surface area contributed by atoms with Crippen LogP contribution in [0.5, 0.6) is 0 Å². The van der Waals surface area contributed by atoms with Gasteiger partial charge in [0.05, 0.1) is 24.7 Å². The fraction of sp³-hybridized carbons (Fsp3) is 0.909. The molecule has 5 nitrogen and oxygen atoms in total. The van der Waals surface area contributed by atoms with Crippen LogP contribution in [0.15, 0.2) is 0 Å². The number of rotatable bonds is 6. The number of carbonyl (C=O) groups excluding carboxylic acids is 1. The Kier molecular flexibility index (Phi) is 5.18. The highest BCUT2D eigenvalue weighted by Gasteiger charge is 2.40. The zero-order chi connectivity index (χ0) is 12.0. The van der Waals surface area contributed by atoms with E-state index < -0.39 is 5.41 Å². The first-order chi connectivity index (χ1) is 7.68. The van der Waals surface area contributed by atoms with Crippen LogP contribution in [0.2, 0.25) is 0 Å². The molecular weight excluding hydrogens is 208 g/mol.